The van der Waals surface area contributed by atoms with Gasteiger partial charge in [-0.15, -0.1) is 0 Å². The van der Waals surface area contributed by atoms with Crippen molar-refractivity contribution >= 4 is 5.78 Å². The Bertz CT molecular complexity index is 264. The molecule has 0 saturated heterocycles. The molecule has 0 aromatic carbocycles. The van der Waals surface area contributed by atoms with Crippen molar-refractivity contribution in [1.82, 2.24) is 0 Å². The van der Waals surface area contributed by atoms with E-state index in [0.717, 1.165) is 18.8 Å². The summed E-state index contributed by atoms with van der Waals surface area (Å²) < 4.78 is 0. The largest absolute Gasteiger partial charge is 0.393 e. The molecular weight excluding hydrogens is 288 g/mol. The number of aliphatic hydroxyl groups excluding tert-OH is 2. The monoisotopic (exact) mass is 328 g/mol. The number of unbranched alkanes of at least 4 members (excludes halogenated alkanes) is 11. The lowest BCUT2D eigenvalue weighted by molar-refractivity contribution is -0.129. The zero-order valence-electron chi connectivity index (χ0n) is 15.6. The summed E-state index contributed by atoms with van der Waals surface area (Å²) in [6.45, 7) is 4.16. The molecule has 3 nitrogen and oxygen atoms in total. The summed E-state index contributed by atoms with van der Waals surface area (Å²) in [7, 11) is 0. The Morgan fingerprint density at radius 3 is 1.52 bits per heavy atom. The minimum Gasteiger partial charge on any atom is -0.393 e. The molecule has 0 aromatic rings. The lowest BCUT2D eigenvalue weighted by Gasteiger charge is -2.06. The number of Topliss-reactive ketones (excluding diaryl/α,β-unsaturated/α-hetero) is 1. The van der Waals surface area contributed by atoms with Gasteiger partial charge in [0.05, 0.1) is 6.61 Å². The number of hydrogen-bond acceptors (Lipinski definition) is 3. The minimum atomic E-state index is -1.17. The second-order valence-electron chi connectivity index (χ2n) is 7.34. The van der Waals surface area contributed by atoms with Crippen molar-refractivity contribution in [1.29, 1.82) is 0 Å². The Hall–Kier alpha value is -0.410. The third-order valence-corrected chi connectivity index (χ3v) is 4.50. The van der Waals surface area contributed by atoms with Crippen molar-refractivity contribution in [2.24, 2.45) is 5.92 Å². The van der Waals surface area contributed by atoms with E-state index < -0.39 is 12.7 Å². The van der Waals surface area contributed by atoms with E-state index in [1.54, 1.807) is 0 Å². The second kappa shape index (κ2) is 16.4. The Balaban J connectivity index is 3.12. The maximum Gasteiger partial charge on any atom is 0.163 e. The molecule has 0 amide bonds. The summed E-state index contributed by atoms with van der Waals surface area (Å²) in [5.41, 5.74) is 0. The maximum atomic E-state index is 11.3. The molecule has 1 atom stereocenters. The first-order valence-corrected chi connectivity index (χ1v) is 9.89. The highest BCUT2D eigenvalue weighted by Crippen LogP contribution is 2.14. The van der Waals surface area contributed by atoms with Crippen molar-refractivity contribution in [3.63, 3.8) is 0 Å². The lowest BCUT2D eigenvalue weighted by atomic mass is 10.0. The summed E-state index contributed by atoms with van der Waals surface area (Å²) in [6, 6.07) is 0. The molecule has 0 rings (SSSR count). The molecule has 1 unspecified atom stereocenters. The van der Waals surface area contributed by atoms with Crippen LogP contribution in [0.5, 0.6) is 0 Å². The minimum absolute atomic E-state index is 0.221. The highest BCUT2D eigenvalue weighted by molar-refractivity contribution is 5.82. The summed E-state index contributed by atoms with van der Waals surface area (Å²) in [4.78, 5) is 11.3. The molecule has 0 aliphatic heterocycles. The van der Waals surface area contributed by atoms with E-state index in [2.05, 4.69) is 13.8 Å². The van der Waals surface area contributed by atoms with Crippen LogP contribution in [0.1, 0.15) is 104 Å². The molecule has 0 aromatic heterocycles. The number of rotatable bonds is 17. The van der Waals surface area contributed by atoms with Gasteiger partial charge in [0.25, 0.3) is 0 Å². The van der Waals surface area contributed by atoms with Crippen LogP contribution in [0.2, 0.25) is 0 Å². The van der Waals surface area contributed by atoms with Crippen LogP contribution in [-0.2, 0) is 4.79 Å². The van der Waals surface area contributed by atoms with Gasteiger partial charge in [0.15, 0.2) is 5.78 Å². The van der Waals surface area contributed by atoms with Gasteiger partial charge in [-0.3, -0.25) is 4.79 Å². The van der Waals surface area contributed by atoms with E-state index >= 15 is 0 Å². The van der Waals surface area contributed by atoms with Crippen LogP contribution in [0.3, 0.4) is 0 Å². The fraction of sp³-hybridized carbons (Fsp3) is 0.950. The second-order valence-corrected chi connectivity index (χ2v) is 7.34. The number of carbonyl (C=O) groups is 1. The van der Waals surface area contributed by atoms with Crippen LogP contribution in [0.15, 0.2) is 0 Å². The molecule has 0 saturated carbocycles. The van der Waals surface area contributed by atoms with Crippen molar-refractivity contribution in [3.8, 4) is 0 Å². The quantitative estimate of drug-likeness (QED) is 0.368. The van der Waals surface area contributed by atoms with E-state index in [9.17, 15) is 4.79 Å². The van der Waals surface area contributed by atoms with Crippen LogP contribution >= 0.6 is 0 Å². The van der Waals surface area contributed by atoms with E-state index in [4.69, 9.17) is 10.2 Å². The van der Waals surface area contributed by atoms with Crippen molar-refractivity contribution in [2.75, 3.05) is 6.61 Å². The number of carbonyl (C=O) groups excluding carboxylic acids is 1. The Morgan fingerprint density at radius 2 is 1.13 bits per heavy atom. The highest BCUT2D eigenvalue weighted by atomic mass is 16.3. The van der Waals surface area contributed by atoms with Crippen molar-refractivity contribution < 1.29 is 15.0 Å². The molecule has 0 bridgehead atoms. The van der Waals surface area contributed by atoms with Crippen LogP contribution in [0.25, 0.3) is 0 Å². The van der Waals surface area contributed by atoms with Crippen LogP contribution < -0.4 is 0 Å². The fourth-order valence-corrected chi connectivity index (χ4v) is 2.89. The van der Waals surface area contributed by atoms with E-state index in [1.807, 2.05) is 0 Å². The molecule has 2 N–H and O–H groups in total. The molecule has 0 fully saturated rings. The number of hydrogen-bond donors (Lipinski definition) is 2. The number of ketones is 1. The van der Waals surface area contributed by atoms with E-state index in [-0.39, 0.29) is 5.78 Å². The molecule has 23 heavy (non-hydrogen) atoms. The van der Waals surface area contributed by atoms with Gasteiger partial charge >= 0.3 is 0 Å². The SMILES string of the molecule is CC(C)CCCCCCCCCCCCCCC(=O)C(O)CO. The first-order chi connectivity index (χ1) is 11.1. The first-order valence-electron chi connectivity index (χ1n) is 9.89. The smallest absolute Gasteiger partial charge is 0.163 e. The van der Waals surface area contributed by atoms with E-state index in [1.165, 1.54) is 70.6 Å². The molecule has 138 valence electrons. The fourth-order valence-electron chi connectivity index (χ4n) is 2.89. The van der Waals surface area contributed by atoms with Crippen LogP contribution in [0.4, 0.5) is 0 Å². The van der Waals surface area contributed by atoms with Gasteiger partial charge in [0.1, 0.15) is 6.10 Å². The van der Waals surface area contributed by atoms with Gasteiger partial charge in [-0.25, -0.2) is 0 Å². The van der Waals surface area contributed by atoms with Crippen molar-refractivity contribution in [2.45, 2.75) is 110 Å². The molecule has 0 aliphatic rings. The predicted molar refractivity (Wildman–Crippen MR) is 97.6 cm³/mol. The zero-order chi connectivity index (χ0) is 17.3. The number of aliphatic hydroxyl groups is 2. The summed E-state index contributed by atoms with van der Waals surface area (Å²) in [5, 5.41) is 17.8. The summed E-state index contributed by atoms with van der Waals surface area (Å²) >= 11 is 0. The Kier molecular flexibility index (Phi) is 16.2. The van der Waals surface area contributed by atoms with Gasteiger partial charge in [-0.05, 0) is 12.3 Å². The van der Waals surface area contributed by atoms with Gasteiger partial charge in [0, 0.05) is 6.42 Å². The standard InChI is InChI=1S/C20H40O3/c1-18(2)15-13-11-9-7-5-3-4-6-8-10-12-14-16-19(22)20(23)17-21/h18,20-21,23H,3-17H2,1-2H3. The lowest BCUT2D eigenvalue weighted by Crippen LogP contribution is -2.23. The van der Waals surface area contributed by atoms with Crippen molar-refractivity contribution in [3.05, 3.63) is 0 Å². The first kappa shape index (κ1) is 22.6. The molecule has 0 spiro atoms. The maximum absolute atomic E-state index is 11.3. The molecule has 0 aliphatic carbocycles. The molecule has 3 heteroatoms. The normalized spacial score (nSPS) is 12.7. The molecular formula is C20H40O3. The molecule has 0 heterocycles. The summed E-state index contributed by atoms with van der Waals surface area (Å²) in [5.74, 6) is 0.633. The average molecular weight is 329 g/mol. The van der Waals surface area contributed by atoms with E-state index in [0.29, 0.717) is 6.42 Å². The third kappa shape index (κ3) is 16.2. The van der Waals surface area contributed by atoms with Crippen LogP contribution in [-0.4, -0.2) is 28.7 Å². The van der Waals surface area contributed by atoms with Gasteiger partial charge < -0.3 is 10.2 Å². The van der Waals surface area contributed by atoms with Gasteiger partial charge in [-0.2, -0.15) is 0 Å². The molecule has 0 radical (unpaired) electrons. The third-order valence-electron chi connectivity index (χ3n) is 4.50. The Labute approximate surface area is 143 Å². The van der Waals surface area contributed by atoms with Gasteiger partial charge in [0.2, 0.25) is 0 Å². The van der Waals surface area contributed by atoms with Gasteiger partial charge in [-0.1, -0.05) is 90.9 Å². The average Bonchev–Trinajstić information content (AvgIpc) is 2.53. The topological polar surface area (TPSA) is 57.5 Å². The highest BCUT2D eigenvalue weighted by Gasteiger charge is 2.12. The van der Waals surface area contributed by atoms with Crippen LogP contribution in [0, 0.1) is 5.92 Å². The summed E-state index contributed by atoms with van der Waals surface area (Å²) in [6.07, 6.45) is 15.9. The predicted octanol–water partition coefficient (Wildman–Crippen LogP) is 5.03. The Morgan fingerprint density at radius 1 is 0.739 bits per heavy atom. The zero-order valence-corrected chi connectivity index (χ0v) is 15.6.